The molecule has 1 saturated heterocycles. The number of rotatable bonds is 4. The normalized spacial score (nSPS) is 16.8. The smallest absolute Gasteiger partial charge is 0.219 e. The van der Waals surface area contributed by atoms with Crippen molar-refractivity contribution < 1.29 is 0 Å². The van der Waals surface area contributed by atoms with Gasteiger partial charge in [0.1, 0.15) is 5.01 Å². The minimum absolute atomic E-state index is 0.663. The maximum absolute atomic E-state index is 5.30. The average Bonchev–Trinajstić information content (AvgIpc) is 3.10. The van der Waals surface area contributed by atoms with Crippen LogP contribution >= 0.6 is 22.7 Å². The lowest BCUT2D eigenvalue weighted by Crippen LogP contribution is -2.45. The molecule has 1 aliphatic rings. The molecule has 0 saturated carbocycles. The average molecular weight is 297 g/mol. The molecule has 9 heteroatoms. The van der Waals surface area contributed by atoms with Gasteiger partial charge in [-0.05, 0) is 0 Å². The largest absolute Gasteiger partial charge is 0.346 e. The van der Waals surface area contributed by atoms with Crippen molar-refractivity contribution in [2.24, 2.45) is 5.84 Å². The predicted molar refractivity (Wildman–Crippen MR) is 77.3 cm³/mol. The standard InChI is InChI=1S/C10H15N7S2/c11-13-9-15-14-8(19-9)7-16-2-4-17(5-3-16)10-12-1-6-18-10/h1,6H,2-5,7,11H2,(H,13,15). The van der Waals surface area contributed by atoms with Crippen molar-refractivity contribution in [2.75, 3.05) is 36.5 Å². The van der Waals surface area contributed by atoms with Gasteiger partial charge in [-0.2, -0.15) is 0 Å². The first-order valence-electron chi connectivity index (χ1n) is 6.01. The highest BCUT2D eigenvalue weighted by Gasteiger charge is 2.19. The summed E-state index contributed by atoms with van der Waals surface area (Å²) >= 11 is 3.20. The van der Waals surface area contributed by atoms with Crippen molar-refractivity contribution in [1.29, 1.82) is 0 Å². The Balaban J connectivity index is 1.52. The maximum atomic E-state index is 5.30. The summed E-state index contributed by atoms with van der Waals surface area (Å²) in [7, 11) is 0. The van der Waals surface area contributed by atoms with Gasteiger partial charge in [0.25, 0.3) is 0 Å². The molecule has 1 fully saturated rings. The molecular weight excluding hydrogens is 282 g/mol. The molecule has 0 aliphatic carbocycles. The molecule has 0 atom stereocenters. The molecule has 102 valence electrons. The lowest BCUT2D eigenvalue weighted by atomic mass is 10.3. The van der Waals surface area contributed by atoms with E-state index in [1.165, 1.54) is 11.3 Å². The van der Waals surface area contributed by atoms with Gasteiger partial charge in [-0.15, -0.1) is 21.5 Å². The van der Waals surface area contributed by atoms with Crippen molar-refractivity contribution in [3.8, 4) is 0 Å². The number of nitrogens with zero attached hydrogens (tertiary/aromatic N) is 5. The Morgan fingerprint density at radius 2 is 2.11 bits per heavy atom. The van der Waals surface area contributed by atoms with Gasteiger partial charge in [0.05, 0.1) is 6.54 Å². The third-order valence-electron chi connectivity index (χ3n) is 3.01. The molecule has 7 nitrogen and oxygen atoms in total. The van der Waals surface area contributed by atoms with Crippen LogP contribution in [-0.4, -0.2) is 46.3 Å². The molecule has 2 aromatic rings. The van der Waals surface area contributed by atoms with E-state index in [1.807, 2.05) is 11.6 Å². The van der Waals surface area contributed by atoms with Crippen LogP contribution in [0.4, 0.5) is 10.3 Å². The molecule has 0 unspecified atom stereocenters. The fourth-order valence-electron chi connectivity index (χ4n) is 2.04. The predicted octanol–water partition coefficient (Wildman–Crippen LogP) is 0.602. The number of thiazole rings is 1. The first-order chi connectivity index (χ1) is 9.35. The van der Waals surface area contributed by atoms with E-state index in [0.717, 1.165) is 42.9 Å². The van der Waals surface area contributed by atoms with Gasteiger partial charge in [-0.3, -0.25) is 10.3 Å². The number of hydrazine groups is 1. The number of hydrogen-bond acceptors (Lipinski definition) is 9. The Morgan fingerprint density at radius 1 is 1.26 bits per heavy atom. The number of nitrogen functional groups attached to an aromatic ring is 1. The number of nitrogens with two attached hydrogens (primary N) is 1. The summed E-state index contributed by atoms with van der Waals surface area (Å²) in [6.45, 7) is 4.89. The van der Waals surface area contributed by atoms with E-state index in [2.05, 4.69) is 30.4 Å². The van der Waals surface area contributed by atoms with Crippen LogP contribution in [0.25, 0.3) is 0 Å². The fourth-order valence-corrected chi connectivity index (χ4v) is 3.43. The third kappa shape index (κ3) is 3.00. The van der Waals surface area contributed by atoms with Gasteiger partial charge in [0.15, 0.2) is 5.13 Å². The van der Waals surface area contributed by atoms with Crippen LogP contribution < -0.4 is 16.2 Å². The number of anilines is 2. The minimum Gasteiger partial charge on any atom is -0.346 e. The van der Waals surface area contributed by atoms with Crippen LogP contribution in [0.5, 0.6) is 0 Å². The van der Waals surface area contributed by atoms with E-state index in [0.29, 0.717) is 5.13 Å². The molecule has 0 amide bonds. The second kappa shape index (κ2) is 5.78. The molecule has 0 bridgehead atoms. The van der Waals surface area contributed by atoms with Crippen LogP contribution in [0.15, 0.2) is 11.6 Å². The summed E-state index contributed by atoms with van der Waals surface area (Å²) in [5, 5.41) is 12.8. The molecule has 0 radical (unpaired) electrons. The van der Waals surface area contributed by atoms with Gasteiger partial charge < -0.3 is 4.90 Å². The van der Waals surface area contributed by atoms with Gasteiger partial charge in [-0.25, -0.2) is 10.8 Å². The maximum Gasteiger partial charge on any atom is 0.219 e. The monoisotopic (exact) mass is 297 g/mol. The van der Waals surface area contributed by atoms with Crippen LogP contribution in [0.1, 0.15) is 5.01 Å². The summed E-state index contributed by atoms with van der Waals surface area (Å²) in [6, 6.07) is 0. The number of piperazine rings is 1. The van der Waals surface area contributed by atoms with E-state index in [4.69, 9.17) is 5.84 Å². The zero-order valence-electron chi connectivity index (χ0n) is 10.3. The first kappa shape index (κ1) is 12.7. The minimum atomic E-state index is 0.663. The van der Waals surface area contributed by atoms with Crippen molar-refractivity contribution >= 4 is 32.9 Å². The number of nitrogens with one attached hydrogen (secondary N) is 1. The molecule has 3 N–H and O–H groups in total. The van der Waals surface area contributed by atoms with E-state index in [9.17, 15) is 0 Å². The quantitative estimate of drug-likeness (QED) is 0.631. The molecule has 1 aliphatic heterocycles. The fraction of sp³-hybridized carbons (Fsp3) is 0.500. The molecule has 19 heavy (non-hydrogen) atoms. The summed E-state index contributed by atoms with van der Waals surface area (Å²) < 4.78 is 0. The highest BCUT2D eigenvalue weighted by molar-refractivity contribution is 7.15. The van der Waals surface area contributed by atoms with Gasteiger partial charge >= 0.3 is 0 Å². The third-order valence-corrected chi connectivity index (χ3v) is 4.68. The first-order valence-corrected chi connectivity index (χ1v) is 7.70. The van der Waals surface area contributed by atoms with Gasteiger partial charge in [0.2, 0.25) is 5.13 Å². The second-order valence-electron chi connectivity index (χ2n) is 4.22. The highest BCUT2D eigenvalue weighted by Crippen LogP contribution is 2.20. The van der Waals surface area contributed by atoms with E-state index < -0.39 is 0 Å². The molecule has 2 aromatic heterocycles. The topological polar surface area (TPSA) is 83.2 Å². The Labute approximate surface area is 119 Å². The van der Waals surface area contributed by atoms with E-state index >= 15 is 0 Å². The highest BCUT2D eigenvalue weighted by atomic mass is 32.1. The number of aromatic nitrogens is 3. The van der Waals surface area contributed by atoms with Crippen molar-refractivity contribution in [2.45, 2.75) is 6.54 Å². The van der Waals surface area contributed by atoms with Crippen LogP contribution in [0.3, 0.4) is 0 Å². The Morgan fingerprint density at radius 3 is 2.74 bits per heavy atom. The van der Waals surface area contributed by atoms with Gasteiger partial charge in [0, 0.05) is 37.8 Å². The van der Waals surface area contributed by atoms with Crippen LogP contribution in [0.2, 0.25) is 0 Å². The Bertz CT molecular complexity index is 504. The van der Waals surface area contributed by atoms with E-state index in [-0.39, 0.29) is 0 Å². The molecular formula is C10H15N7S2. The Kier molecular flexibility index (Phi) is 3.87. The lowest BCUT2D eigenvalue weighted by molar-refractivity contribution is 0.249. The number of hydrogen-bond donors (Lipinski definition) is 2. The molecule has 0 spiro atoms. The van der Waals surface area contributed by atoms with Crippen molar-refractivity contribution in [1.82, 2.24) is 20.1 Å². The lowest BCUT2D eigenvalue weighted by Gasteiger charge is -2.33. The summed E-state index contributed by atoms with van der Waals surface area (Å²) in [5.41, 5.74) is 2.52. The Hall–Kier alpha value is -1.29. The van der Waals surface area contributed by atoms with Crippen molar-refractivity contribution in [3.05, 3.63) is 16.6 Å². The zero-order valence-corrected chi connectivity index (χ0v) is 12.0. The molecule has 0 aromatic carbocycles. The summed E-state index contributed by atoms with van der Waals surface area (Å²) in [4.78, 5) is 9.05. The molecule has 3 heterocycles. The van der Waals surface area contributed by atoms with Gasteiger partial charge in [-0.1, -0.05) is 11.3 Å². The summed E-state index contributed by atoms with van der Waals surface area (Å²) in [6.07, 6.45) is 1.86. The van der Waals surface area contributed by atoms with Crippen molar-refractivity contribution in [3.63, 3.8) is 0 Å². The van der Waals surface area contributed by atoms with E-state index in [1.54, 1.807) is 11.3 Å². The molecule has 3 rings (SSSR count). The van der Waals surface area contributed by atoms with Crippen LogP contribution in [0, 0.1) is 0 Å². The zero-order chi connectivity index (χ0) is 13.1. The SMILES string of the molecule is NNc1nnc(CN2CCN(c3nccs3)CC2)s1. The second-order valence-corrected chi connectivity index (χ2v) is 6.16. The summed E-state index contributed by atoms with van der Waals surface area (Å²) in [5.74, 6) is 5.30. The van der Waals surface area contributed by atoms with Crippen LogP contribution in [-0.2, 0) is 6.54 Å².